The number of benzene rings is 1. The molecule has 0 aliphatic heterocycles. The summed E-state index contributed by atoms with van der Waals surface area (Å²) in [4.78, 5) is 12.0. The summed E-state index contributed by atoms with van der Waals surface area (Å²) in [6.07, 6.45) is 2.77. The summed E-state index contributed by atoms with van der Waals surface area (Å²) in [5.74, 6) is 1.56. The number of anilines is 1. The lowest BCUT2D eigenvalue weighted by Crippen LogP contribution is -2.18. The van der Waals surface area contributed by atoms with E-state index in [9.17, 15) is 4.79 Å². The van der Waals surface area contributed by atoms with Crippen LogP contribution in [0.1, 0.15) is 26.2 Å². The Morgan fingerprint density at radius 3 is 2.78 bits per heavy atom. The molecule has 0 atom stereocenters. The molecule has 1 amide bonds. The molecule has 1 fully saturated rings. The molecule has 0 aromatic heterocycles. The third-order valence-electron chi connectivity index (χ3n) is 3.29. The predicted octanol–water partition coefficient (Wildman–Crippen LogP) is 3.12. The van der Waals surface area contributed by atoms with Crippen molar-refractivity contribution < 1.29 is 9.53 Å². The molecule has 18 heavy (non-hydrogen) atoms. The fourth-order valence-corrected chi connectivity index (χ4v) is 2.38. The van der Waals surface area contributed by atoms with Crippen molar-refractivity contribution in [3.8, 4) is 5.75 Å². The molecule has 4 heteroatoms. The maximum atomic E-state index is 12.0. The van der Waals surface area contributed by atoms with Gasteiger partial charge in [0, 0.05) is 6.42 Å². The number of hydrogen-bond donors (Lipinski definition) is 2. The zero-order valence-electron chi connectivity index (χ0n) is 10.6. The van der Waals surface area contributed by atoms with Gasteiger partial charge in [0.05, 0.1) is 12.3 Å². The average Bonchev–Trinajstić information content (AvgIpc) is 3.12. The fourth-order valence-electron chi connectivity index (χ4n) is 1.95. The number of rotatable bonds is 6. The summed E-state index contributed by atoms with van der Waals surface area (Å²) < 4.78 is 5.48. The Balaban J connectivity index is 1.98. The number of ether oxygens (including phenoxy) is 1. The van der Waals surface area contributed by atoms with E-state index in [2.05, 4.69) is 17.9 Å². The monoisotopic (exact) mass is 265 g/mol. The minimum Gasteiger partial charge on any atom is -0.492 e. The largest absolute Gasteiger partial charge is 0.492 e. The van der Waals surface area contributed by atoms with E-state index in [0.29, 0.717) is 13.0 Å². The van der Waals surface area contributed by atoms with Crippen LogP contribution in [-0.4, -0.2) is 18.3 Å². The quantitative estimate of drug-likeness (QED) is 0.776. The molecule has 1 aliphatic rings. The fraction of sp³-hybridized carbons (Fsp3) is 0.500. The molecule has 0 spiro atoms. The Morgan fingerprint density at radius 1 is 1.44 bits per heavy atom. The van der Waals surface area contributed by atoms with E-state index in [1.165, 1.54) is 0 Å². The number of para-hydroxylation sites is 2. The number of carbonyl (C=O) groups is 1. The van der Waals surface area contributed by atoms with Crippen molar-refractivity contribution >= 4 is 24.2 Å². The summed E-state index contributed by atoms with van der Waals surface area (Å²) in [5.41, 5.74) is 0.896. The van der Waals surface area contributed by atoms with E-state index >= 15 is 0 Å². The van der Waals surface area contributed by atoms with E-state index < -0.39 is 0 Å². The lowest BCUT2D eigenvalue weighted by molar-refractivity contribution is -0.117. The van der Waals surface area contributed by atoms with Crippen molar-refractivity contribution in [1.82, 2.24) is 0 Å². The van der Waals surface area contributed by atoms with Gasteiger partial charge in [0.2, 0.25) is 5.91 Å². The van der Waals surface area contributed by atoms with Gasteiger partial charge in [0.25, 0.3) is 0 Å². The van der Waals surface area contributed by atoms with Crippen LogP contribution in [0.25, 0.3) is 0 Å². The van der Waals surface area contributed by atoms with Crippen LogP contribution in [0.4, 0.5) is 5.69 Å². The first-order valence-corrected chi connectivity index (χ1v) is 6.95. The topological polar surface area (TPSA) is 38.3 Å². The number of amides is 1. The van der Waals surface area contributed by atoms with E-state index in [4.69, 9.17) is 4.74 Å². The first kappa shape index (κ1) is 13.3. The van der Waals surface area contributed by atoms with E-state index in [0.717, 1.165) is 30.0 Å². The molecule has 1 aromatic rings. The highest BCUT2D eigenvalue weighted by molar-refractivity contribution is 7.80. The Labute approximate surface area is 113 Å². The molecule has 1 N–H and O–H groups in total. The molecular formula is C14H19NO2S. The highest BCUT2D eigenvalue weighted by Gasteiger charge is 2.42. The molecule has 3 nitrogen and oxygen atoms in total. The van der Waals surface area contributed by atoms with Gasteiger partial charge in [-0.1, -0.05) is 12.1 Å². The van der Waals surface area contributed by atoms with Crippen molar-refractivity contribution in [1.29, 1.82) is 0 Å². The molecule has 98 valence electrons. The van der Waals surface area contributed by atoms with Crippen LogP contribution in [-0.2, 0) is 4.79 Å². The summed E-state index contributed by atoms with van der Waals surface area (Å²) in [6.45, 7) is 2.52. The molecule has 1 aliphatic carbocycles. The van der Waals surface area contributed by atoms with Crippen LogP contribution < -0.4 is 10.1 Å². The van der Waals surface area contributed by atoms with Gasteiger partial charge in [0.1, 0.15) is 5.75 Å². The third kappa shape index (κ3) is 3.19. The standard InChI is InChI=1S/C14H19NO2S/c1-2-17-12-6-4-3-5-11(12)15-13(16)9-14(10-18)7-8-14/h3-6,18H,2,7-10H2,1H3,(H,15,16). The minimum absolute atomic E-state index is 0.0497. The van der Waals surface area contributed by atoms with Gasteiger partial charge in [-0.05, 0) is 43.1 Å². The first-order chi connectivity index (χ1) is 8.69. The average molecular weight is 265 g/mol. The molecule has 1 saturated carbocycles. The lowest BCUT2D eigenvalue weighted by atomic mass is 10.1. The predicted molar refractivity (Wildman–Crippen MR) is 76.4 cm³/mol. The van der Waals surface area contributed by atoms with Crippen LogP contribution in [0.2, 0.25) is 0 Å². The van der Waals surface area contributed by atoms with Crippen LogP contribution in [0.5, 0.6) is 5.75 Å². The van der Waals surface area contributed by atoms with Gasteiger partial charge in [-0.25, -0.2) is 0 Å². The van der Waals surface area contributed by atoms with Crippen LogP contribution in [0.15, 0.2) is 24.3 Å². The number of thiol groups is 1. The lowest BCUT2D eigenvalue weighted by Gasteiger charge is -2.14. The van der Waals surface area contributed by atoms with Crippen LogP contribution in [0.3, 0.4) is 0 Å². The molecule has 0 unspecified atom stereocenters. The van der Waals surface area contributed by atoms with Crippen LogP contribution in [0, 0.1) is 5.41 Å². The molecular weight excluding hydrogens is 246 g/mol. The SMILES string of the molecule is CCOc1ccccc1NC(=O)CC1(CS)CC1. The molecule has 0 radical (unpaired) electrons. The zero-order valence-corrected chi connectivity index (χ0v) is 11.5. The van der Waals surface area contributed by atoms with Crippen molar-refractivity contribution in [2.45, 2.75) is 26.2 Å². The second-order valence-corrected chi connectivity index (χ2v) is 5.13. The van der Waals surface area contributed by atoms with E-state index in [1.54, 1.807) is 0 Å². The summed E-state index contributed by atoms with van der Waals surface area (Å²) in [7, 11) is 0. The molecule has 0 saturated heterocycles. The molecule has 0 bridgehead atoms. The van der Waals surface area contributed by atoms with Gasteiger partial charge in [0.15, 0.2) is 0 Å². The maximum Gasteiger partial charge on any atom is 0.225 e. The van der Waals surface area contributed by atoms with Crippen molar-refractivity contribution in [2.75, 3.05) is 17.7 Å². The first-order valence-electron chi connectivity index (χ1n) is 6.32. The Kier molecular flexibility index (Phi) is 4.17. The molecule has 1 aromatic carbocycles. The second-order valence-electron chi connectivity index (χ2n) is 4.81. The van der Waals surface area contributed by atoms with Gasteiger partial charge in [-0.2, -0.15) is 12.6 Å². The maximum absolute atomic E-state index is 12.0. The van der Waals surface area contributed by atoms with Crippen molar-refractivity contribution in [3.05, 3.63) is 24.3 Å². The number of carbonyl (C=O) groups excluding carboxylic acids is 1. The highest BCUT2D eigenvalue weighted by atomic mass is 32.1. The summed E-state index contributed by atoms with van der Waals surface area (Å²) in [5, 5.41) is 2.93. The molecule has 0 heterocycles. The summed E-state index contributed by atoms with van der Waals surface area (Å²) in [6, 6.07) is 7.52. The van der Waals surface area contributed by atoms with Gasteiger partial charge < -0.3 is 10.1 Å². The van der Waals surface area contributed by atoms with Crippen molar-refractivity contribution in [3.63, 3.8) is 0 Å². The van der Waals surface area contributed by atoms with Crippen LogP contribution >= 0.6 is 12.6 Å². The number of hydrogen-bond acceptors (Lipinski definition) is 3. The third-order valence-corrected chi connectivity index (χ3v) is 3.96. The minimum atomic E-state index is 0.0497. The van der Waals surface area contributed by atoms with Crippen molar-refractivity contribution in [2.24, 2.45) is 5.41 Å². The normalized spacial score (nSPS) is 16.1. The van der Waals surface area contributed by atoms with Gasteiger partial charge in [-0.15, -0.1) is 0 Å². The second kappa shape index (κ2) is 5.65. The van der Waals surface area contributed by atoms with E-state index in [-0.39, 0.29) is 11.3 Å². The zero-order chi connectivity index (χ0) is 13.0. The Bertz CT molecular complexity index is 430. The highest BCUT2D eigenvalue weighted by Crippen LogP contribution is 2.49. The summed E-state index contributed by atoms with van der Waals surface area (Å²) >= 11 is 4.31. The molecule has 2 rings (SSSR count). The number of nitrogens with one attached hydrogen (secondary N) is 1. The van der Waals surface area contributed by atoms with E-state index in [1.807, 2.05) is 31.2 Å². The smallest absolute Gasteiger partial charge is 0.225 e. The Morgan fingerprint density at radius 2 is 2.17 bits per heavy atom. The van der Waals surface area contributed by atoms with Gasteiger partial charge >= 0.3 is 0 Å². The Hall–Kier alpha value is -1.16. The van der Waals surface area contributed by atoms with Gasteiger partial charge in [-0.3, -0.25) is 4.79 Å².